The molecule has 0 aliphatic carbocycles. The van der Waals surface area contributed by atoms with Gasteiger partial charge in [-0.15, -0.1) is 0 Å². The quantitative estimate of drug-likeness (QED) is 0.598. The Hall–Kier alpha value is -1.99. The van der Waals surface area contributed by atoms with Crippen LogP contribution in [0.15, 0.2) is 24.3 Å². The van der Waals surface area contributed by atoms with Gasteiger partial charge in [0.2, 0.25) is 5.91 Å². The maximum absolute atomic E-state index is 12.1. The van der Waals surface area contributed by atoms with Crippen molar-refractivity contribution in [1.82, 2.24) is 10.6 Å². The predicted molar refractivity (Wildman–Crippen MR) is 76.7 cm³/mol. The van der Waals surface area contributed by atoms with Gasteiger partial charge in [-0.3, -0.25) is 14.9 Å². The minimum absolute atomic E-state index is 0.0430. The molecule has 1 heterocycles. The van der Waals surface area contributed by atoms with Crippen LogP contribution in [-0.4, -0.2) is 36.6 Å². The second kappa shape index (κ2) is 7.14. The zero-order valence-corrected chi connectivity index (χ0v) is 11.9. The summed E-state index contributed by atoms with van der Waals surface area (Å²) in [7, 11) is 0. The zero-order chi connectivity index (χ0) is 15.2. The summed E-state index contributed by atoms with van der Waals surface area (Å²) < 4.78 is 5.34. The van der Waals surface area contributed by atoms with Gasteiger partial charge in [-0.2, -0.15) is 0 Å². The van der Waals surface area contributed by atoms with E-state index >= 15 is 0 Å². The molecule has 0 bridgehead atoms. The minimum Gasteiger partial charge on any atom is -0.379 e. The monoisotopic (exact) mass is 293 g/mol. The van der Waals surface area contributed by atoms with E-state index in [1.54, 1.807) is 12.1 Å². The van der Waals surface area contributed by atoms with Gasteiger partial charge in [0.25, 0.3) is 5.69 Å². The number of nitro groups is 1. The number of likely N-dealkylation sites (N-methyl/N-ethyl adjacent to an activating group) is 1. The number of nitro benzene ring substituents is 1. The first-order valence-corrected chi connectivity index (χ1v) is 6.94. The summed E-state index contributed by atoms with van der Waals surface area (Å²) in [5.41, 5.74) is 0.870. The molecule has 1 aromatic carbocycles. The first kappa shape index (κ1) is 15.4. The highest BCUT2D eigenvalue weighted by Gasteiger charge is 2.33. The zero-order valence-electron chi connectivity index (χ0n) is 11.9. The Kier molecular flexibility index (Phi) is 5.24. The fourth-order valence-corrected chi connectivity index (χ4v) is 2.33. The van der Waals surface area contributed by atoms with Crippen LogP contribution in [-0.2, 0) is 16.1 Å². The van der Waals surface area contributed by atoms with Gasteiger partial charge >= 0.3 is 0 Å². The van der Waals surface area contributed by atoms with Crippen LogP contribution in [0.25, 0.3) is 0 Å². The van der Waals surface area contributed by atoms with Crippen molar-refractivity contribution < 1.29 is 14.5 Å². The lowest BCUT2D eigenvalue weighted by atomic mass is 10.0. The van der Waals surface area contributed by atoms with Crippen molar-refractivity contribution >= 4 is 11.6 Å². The van der Waals surface area contributed by atoms with Gasteiger partial charge in [-0.05, 0) is 12.1 Å². The van der Waals surface area contributed by atoms with Crippen molar-refractivity contribution in [2.75, 3.05) is 19.8 Å². The van der Waals surface area contributed by atoms with Crippen LogP contribution in [0, 0.1) is 16.0 Å². The summed E-state index contributed by atoms with van der Waals surface area (Å²) >= 11 is 0. The van der Waals surface area contributed by atoms with Crippen molar-refractivity contribution in [3.05, 3.63) is 39.9 Å². The summed E-state index contributed by atoms with van der Waals surface area (Å²) in [5, 5.41) is 16.6. The molecule has 2 N–H and O–H groups in total. The van der Waals surface area contributed by atoms with Crippen LogP contribution < -0.4 is 10.6 Å². The fourth-order valence-electron chi connectivity index (χ4n) is 2.33. The van der Waals surface area contributed by atoms with E-state index in [2.05, 4.69) is 10.6 Å². The molecule has 2 unspecified atom stereocenters. The smallest absolute Gasteiger partial charge is 0.269 e. The number of non-ortho nitro benzene ring substituents is 1. The molecular formula is C14H19N3O4. The Labute approximate surface area is 122 Å². The lowest BCUT2D eigenvalue weighted by Crippen LogP contribution is -2.43. The number of benzene rings is 1. The molecule has 2 atom stereocenters. The third kappa shape index (κ3) is 3.99. The molecule has 1 aromatic rings. The number of ether oxygens (including phenoxy) is 1. The lowest BCUT2D eigenvalue weighted by Gasteiger charge is -2.17. The van der Waals surface area contributed by atoms with Crippen LogP contribution in [0.5, 0.6) is 0 Å². The highest BCUT2D eigenvalue weighted by Crippen LogP contribution is 2.15. The molecule has 7 heteroatoms. The van der Waals surface area contributed by atoms with Gasteiger partial charge in [-0.1, -0.05) is 19.1 Å². The standard InChI is InChI=1S/C14H19N3O4/c1-2-15-13-9-21-8-12(13)14(18)16-7-10-3-5-11(6-4-10)17(19)20/h3-6,12-13,15H,2,7-9H2,1H3,(H,16,18). The molecule has 0 radical (unpaired) electrons. The van der Waals surface area contributed by atoms with Gasteiger partial charge in [0.1, 0.15) is 0 Å². The van der Waals surface area contributed by atoms with E-state index in [1.165, 1.54) is 12.1 Å². The van der Waals surface area contributed by atoms with Gasteiger partial charge in [0.15, 0.2) is 0 Å². The lowest BCUT2D eigenvalue weighted by molar-refractivity contribution is -0.384. The Morgan fingerprint density at radius 3 is 2.71 bits per heavy atom. The van der Waals surface area contributed by atoms with E-state index in [0.717, 1.165) is 12.1 Å². The molecule has 114 valence electrons. The molecule has 0 aromatic heterocycles. The molecule has 1 aliphatic rings. The Morgan fingerprint density at radius 2 is 2.10 bits per heavy atom. The van der Waals surface area contributed by atoms with Crippen molar-refractivity contribution in [2.24, 2.45) is 5.92 Å². The number of hydrogen-bond acceptors (Lipinski definition) is 5. The van der Waals surface area contributed by atoms with Crippen molar-refractivity contribution in [3.63, 3.8) is 0 Å². The van der Waals surface area contributed by atoms with E-state index in [-0.39, 0.29) is 23.6 Å². The van der Waals surface area contributed by atoms with Gasteiger partial charge < -0.3 is 15.4 Å². The SMILES string of the molecule is CCNC1COCC1C(=O)NCc1ccc([N+](=O)[O-])cc1. The molecule has 2 rings (SSSR count). The number of hydrogen-bond donors (Lipinski definition) is 2. The average molecular weight is 293 g/mol. The molecule has 1 fully saturated rings. The average Bonchev–Trinajstić information content (AvgIpc) is 2.94. The number of rotatable bonds is 6. The van der Waals surface area contributed by atoms with E-state index in [9.17, 15) is 14.9 Å². The maximum atomic E-state index is 12.1. The second-order valence-electron chi connectivity index (χ2n) is 4.95. The fraction of sp³-hybridized carbons (Fsp3) is 0.500. The summed E-state index contributed by atoms with van der Waals surface area (Å²) in [6.45, 7) is 4.10. The topological polar surface area (TPSA) is 93.5 Å². The molecule has 0 saturated carbocycles. The van der Waals surface area contributed by atoms with E-state index in [0.29, 0.717) is 19.8 Å². The second-order valence-corrected chi connectivity index (χ2v) is 4.95. The van der Waals surface area contributed by atoms with Gasteiger partial charge in [0.05, 0.1) is 24.1 Å². The molecule has 1 saturated heterocycles. The van der Waals surface area contributed by atoms with Crippen LogP contribution in [0.1, 0.15) is 12.5 Å². The number of amides is 1. The van der Waals surface area contributed by atoms with Crippen LogP contribution in [0.3, 0.4) is 0 Å². The summed E-state index contributed by atoms with van der Waals surface area (Å²) in [5.74, 6) is -0.250. The third-order valence-electron chi connectivity index (χ3n) is 3.50. The summed E-state index contributed by atoms with van der Waals surface area (Å²) in [6, 6.07) is 6.20. The number of carbonyl (C=O) groups is 1. The molecule has 0 spiro atoms. The van der Waals surface area contributed by atoms with Crippen molar-refractivity contribution in [1.29, 1.82) is 0 Å². The number of nitrogens with one attached hydrogen (secondary N) is 2. The Bertz CT molecular complexity index is 503. The van der Waals surface area contributed by atoms with Crippen LogP contribution in [0.2, 0.25) is 0 Å². The molecule has 7 nitrogen and oxygen atoms in total. The molecule has 21 heavy (non-hydrogen) atoms. The first-order valence-electron chi connectivity index (χ1n) is 6.94. The third-order valence-corrected chi connectivity index (χ3v) is 3.50. The highest BCUT2D eigenvalue weighted by atomic mass is 16.6. The summed E-state index contributed by atoms with van der Waals surface area (Å²) in [4.78, 5) is 22.3. The van der Waals surface area contributed by atoms with Crippen molar-refractivity contribution in [3.8, 4) is 0 Å². The van der Waals surface area contributed by atoms with Crippen LogP contribution in [0.4, 0.5) is 5.69 Å². The van der Waals surface area contributed by atoms with E-state index in [1.807, 2.05) is 6.92 Å². The van der Waals surface area contributed by atoms with E-state index in [4.69, 9.17) is 4.74 Å². The molecular weight excluding hydrogens is 274 g/mol. The Morgan fingerprint density at radius 1 is 1.38 bits per heavy atom. The largest absolute Gasteiger partial charge is 0.379 e. The van der Waals surface area contributed by atoms with E-state index < -0.39 is 4.92 Å². The highest BCUT2D eigenvalue weighted by molar-refractivity contribution is 5.79. The van der Waals surface area contributed by atoms with Crippen molar-refractivity contribution in [2.45, 2.75) is 19.5 Å². The van der Waals surface area contributed by atoms with Crippen LogP contribution >= 0.6 is 0 Å². The Balaban J connectivity index is 1.87. The summed E-state index contributed by atoms with van der Waals surface area (Å²) in [6.07, 6.45) is 0. The predicted octanol–water partition coefficient (Wildman–Crippen LogP) is 0.836. The number of nitrogens with zero attached hydrogens (tertiary/aromatic N) is 1. The minimum atomic E-state index is -0.445. The first-order chi connectivity index (χ1) is 10.1. The molecule has 1 amide bonds. The van der Waals surface area contributed by atoms with Gasteiger partial charge in [-0.25, -0.2) is 0 Å². The number of carbonyl (C=O) groups excluding carboxylic acids is 1. The normalized spacial score (nSPS) is 21.2. The van der Waals surface area contributed by atoms with Gasteiger partial charge in [0, 0.05) is 24.7 Å². The molecule has 1 aliphatic heterocycles. The maximum Gasteiger partial charge on any atom is 0.269 e.